The van der Waals surface area contributed by atoms with Crippen LogP contribution in [0.25, 0.3) is 0 Å². The number of allylic oxidation sites excluding steroid dienone is 1. The highest BCUT2D eigenvalue weighted by Crippen LogP contribution is 2.25. The van der Waals surface area contributed by atoms with E-state index in [1.807, 2.05) is 0 Å². The van der Waals surface area contributed by atoms with Gasteiger partial charge in [-0.1, -0.05) is 62.2 Å². The zero-order valence-corrected chi connectivity index (χ0v) is 14.7. The van der Waals surface area contributed by atoms with E-state index >= 15 is 0 Å². The minimum Gasteiger partial charge on any atom is -0.316 e. The normalized spacial score (nSPS) is 14.0. The van der Waals surface area contributed by atoms with Crippen LogP contribution in [0.5, 0.6) is 0 Å². The van der Waals surface area contributed by atoms with Crippen LogP contribution in [0, 0.1) is 18.8 Å². The highest BCUT2D eigenvalue weighted by molar-refractivity contribution is 5.24. The van der Waals surface area contributed by atoms with Gasteiger partial charge in [0, 0.05) is 6.54 Å². The molecule has 1 nitrogen and oxygen atoms in total. The summed E-state index contributed by atoms with van der Waals surface area (Å²) in [6.07, 6.45) is 3.64. The Morgan fingerprint density at radius 1 is 1.05 bits per heavy atom. The fourth-order valence-electron chi connectivity index (χ4n) is 2.72. The predicted molar refractivity (Wildman–Crippen MR) is 94.8 cm³/mol. The van der Waals surface area contributed by atoms with Gasteiger partial charge in [-0.05, 0) is 57.1 Å². The Labute approximate surface area is 131 Å². The summed E-state index contributed by atoms with van der Waals surface area (Å²) >= 11 is 0. The van der Waals surface area contributed by atoms with E-state index in [1.54, 1.807) is 0 Å². The lowest BCUT2D eigenvalue weighted by Crippen LogP contribution is -2.26. The predicted octanol–water partition coefficient (Wildman–Crippen LogP) is 5.32. The van der Waals surface area contributed by atoms with E-state index in [4.69, 9.17) is 0 Å². The van der Waals surface area contributed by atoms with Crippen molar-refractivity contribution in [1.29, 1.82) is 0 Å². The largest absolute Gasteiger partial charge is 0.316 e. The Morgan fingerprint density at radius 2 is 1.67 bits per heavy atom. The first-order chi connectivity index (χ1) is 9.88. The maximum atomic E-state index is 3.61. The molecule has 1 N–H and O–H groups in total. The average molecular weight is 287 g/mol. The summed E-state index contributed by atoms with van der Waals surface area (Å²) in [5, 5.41) is 3.61. The van der Waals surface area contributed by atoms with Crippen molar-refractivity contribution in [3.05, 3.63) is 47.0 Å². The lowest BCUT2D eigenvalue weighted by Gasteiger charge is -2.20. The first-order valence-corrected chi connectivity index (χ1v) is 8.30. The Kier molecular flexibility index (Phi) is 7.74. The summed E-state index contributed by atoms with van der Waals surface area (Å²) in [5.74, 6) is 1.93. The average Bonchev–Trinajstić information content (AvgIpc) is 2.38. The molecule has 0 aromatic heterocycles. The quantitative estimate of drug-likeness (QED) is 0.638. The number of aryl methyl sites for hydroxylation is 1. The Morgan fingerprint density at radius 3 is 2.19 bits per heavy atom. The first kappa shape index (κ1) is 18.0. The maximum Gasteiger partial charge on any atom is 0.00146 e. The lowest BCUT2D eigenvalue weighted by molar-refractivity contribution is 0.459. The van der Waals surface area contributed by atoms with E-state index in [2.05, 4.69) is 77.2 Å². The van der Waals surface area contributed by atoms with E-state index in [-0.39, 0.29) is 0 Å². The number of hydrogen-bond donors (Lipinski definition) is 1. The van der Waals surface area contributed by atoms with Crippen LogP contribution in [0.15, 0.2) is 35.9 Å². The molecule has 0 spiro atoms. The van der Waals surface area contributed by atoms with E-state index < -0.39 is 0 Å². The smallest absolute Gasteiger partial charge is 0.00146 e. The SMILES string of the molecule is CC(C)=CC(CNCC(C)C)C[C@H](C)c1ccc(C)cc1. The van der Waals surface area contributed by atoms with Crippen molar-refractivity contribution in [2.75, 3.05) is 13.1 Å². The molecule has 1 aromatic carbocycles. The summed E-state index contributed by atoms with van der Waals surface area (Å²) < 4.78 is 0. The van der Waals surface area contributed by atoms with Crippen molar-refractivity contribution in [1.82, 2.24) is 5.32 Å². The van der Waals surface area contributed by atoms with E-state index in [0.29, 0.717) is 17.8 Å². The summed E-state index contributed by atoms with van der Waals surface area (Å²) in [4.78, 5) is 0. The van der Waals surface area contributed by atoms with Gasteiger partial charge >= 0.3 is 0 Å². The molecular formula is C20H33N. The van der Waals surface area contributed by atoms with Crippen LogP contribution in [0.3, 0.4) is 0 Å². The second-order valence-electron chi connectivity index (χ2n) is 7.10. The number of hydrogen-bond acceptors (Lipinski definition) is 1. The number of benzene rings is 1. The van der Waals surface area contributed by atoms with Gasteiger partial charge in [0.05, 0.1) is 0 Å². The molecule has 0 amide bonds. The number of nitrogens with one attached hydrogen (secondary N) is 1. The second kappa shape index (κ2) is 9.04. The van der Waals surface area contributed by atoms with Crippen LogP contribution in [-0.2, 0) is 0 Å². The molecule has 0 aliphatic carbocycles. The van der Waals surface area contributed by atoms with Gasteiger partial charge in [0.1, 0.15) is 0 Å². The van der Waals surface area contributed by atoms with Crippen molar-refractivity contribution in [2.24, 2.45) is 11.8 Å². The molecule has 21 heavy (non-hydrogen) atoms. The summed E-state index contributed by atoms with van der Waals surface area (Å²) in [5.41, 5.74) is 4.21. The standard InChI is InChI=1S/C20H33N/c1-15(2)11-19(14-21-13-16(3)4)12-18(6)20-9-7-17(5)8-10-20/h7-11,16,18-19,21H,12-14H2,1-6H3/t18-,19?/m0/s1. The fourth-order valence-corrected chi connectivity index (χ4v) is 2.72. The maximum absolute atomic E-state index is 3.61. The van der Waals surface area contributed by atoms with Crippen molar-refractivity contribution >= 4 is 0 Å². The van der Waals surface area contributed by atoms with Gasteiger partial charge < -0.3 is 5.32 Å². The van der Waals surface area contributed by atoms with E-state index in [0.717, 1.165) is 13.1 Å². The van der Waals surface area contributed by atoms with E-state index in [1.165, 1.54) is 23.1 Å². The second-order valence-corrected chi connectivity index (χ2v) is 7.10. The molecule has 0 aliphatic heterocycles. The molecule has 0 saturated heterocycles. The van der Waals surface area contributed by atoms with Crippen molar-refractivity contribution in [3.8, 4) is 0 Å². The van der Waals surface area contributed by atoms with E-state index in [9.17, 15) is 0 Å². The van der Waals surface area contributed by atoms with Crippen molar-refractivity contribution < 1.29 is 0 Å². The highest BCUT2D eigenvalue weighted by Gasteiger charge is 2.13. The van der Waals surface area contributed by atoms with Gasteiger partial charge in [-0.3, -0.25) is 0 Å². The fraction of sp³-hybridized carbons (Fsp3) is 0.600. The van der Waals surface area contributed by atoms with Crippen LogP contribution in [0.2, 0.25) is 0 Å². The third-order valence-corrected chi connectivity index (χ3v) is 3.83. The molecule has 0 saturated carbocycles. The Balaban J connectivity index is 2.62. The van der Waals surface area contributed by atoms with Crippen LogP contribution >= 0.6 is 0 Å². The molecule has 1 unspecified atom stereocenters. The Bertz CT molecular complexity index is 424. The van der Waals surface area contributed by atoms with Crippen LogP contribution in [0.4, 0.5) is 0 Å². The third kappa shape index (κ3) is 7.47. The molecule has 0 fully saturated rings. The molecule has 0 radical (unpaired) electrons. The zero-order valence-electron chi connectivity index (χ0n) is 14.7. The zero-order chi connectivity index (χ0) is 15.8. The van der Waals surface area contributed by atoms with Gasteiger partial charge in [-0.2, -0.15) is 0 Å². The van der Waals surface area contributed by atoms with Crippen LogP contribution in [0.1, 0.15) is 58.1 Å². The Hall–Kier alpha value is -1.08. The molecule has 2 atom stereocenters. The van der Waals surface area contributed by atoms with Crippen molar-refractivity contribution in [3.63, 3.8) is 0 Å². The minimum absolute atomic E-state index is 0.604. The van der Waals surface area contributed by atoms with Gasteiger partial charge in [0.15, 0.2) is 0 Å². The van der Waals surface area contributed by atoms with Gasteiger partial charge in [-0.15, -0.1) is 0 Å². The summed E-state index contributed by atoms with van der Waals surface area (Å²) in [6.45, 7) is 15.6. The minimum atomic E-state index is 0.604. The molecule has 1 aromatic rings. The molecular weight excluding hydrogens is 254 g/mol. The molecule has 1 rings (SSSR count). The highest BCUT2D eigenvalue weighted by atomic mass is 14.9. The van der Waals surface area contributed by atoms with Crippen LogP contribution in [-0.4, -0.2) is 13.1 Å². The number of rotatable bonds is 8. The molecule has 0 heterocycles. The van der Waals surface area contributed by atoms with Gasteiger partial charge in [0.25, 0.3) is 0 Å². The molecule has 0 bridgehead atoms. The first-order valence-electron chi connectivity index (χ1n) is 8.30. The van der Waals surface area contributed by atoms with Gasteiger partial charge in [0.2, 0.25) is 0 Å². The molecule has 1 heteroatoms. The lowest BCUT2D eigenvalue weighted by atomic mass is 9.89. The molecule has 0 aliphatic rings. The monoisotopic (exact) mass is 287 g/mol. The van der Waals surface area contributed by atoms with Gasteiger partial charge in [-0.25, -0.2) is 0 Å². The molecule has 118 valence electrons. The summed E-state index contributed by atoms with van der Waals surface area (Å²) in [6, 6.07) is 9.00. The topological polar surface area (TPSA) is 12.0 Å². The third-order valence-electron chi connectivity index (χ3n) is 3.83. The van der Waals surface area contributed by atoms with Crippen molar-refractivity contribution in [2.45, 2.75) is 53.9 Å². The summed E-state index contributed by atoms with van der Waals surface area (Å²) in [7, 11) is 0. The van der Waals surface area contributed by atoms with Crippen LogP contribution < -0.4 is 5.32 Å².